The summed E-state index contributed by atoms with van der Waals surface area (Å²) in [4.78, 5) is 40.8. The van der Waals surface area contributed by atoms with E-state index in [4.69, 9.17) is 11.6 Å². The first kappa shape index (κ1) is 22.4. The van der Waals surface area contributed by atoms with Crippen molar-refractivity contribution in [2.45, 2.75) is 6.18 Å². The number of halogens is 5. The minimum Gasteiger partial charge on any atom is -0.315 e. The molecule has 0 saturated carbocycles. The van der Waals surface area contributed by atoms with Crippen LogP contribution in [-0.2, 0) is 13.2 Å². The minimum absolute atomic E-state index is 0.136. The molecule has 0 bridgehead atoms. The monoisotopic (exact) mass is 482 g/mol. The topological polar surface area (TPSA) is 85.5 Å². The molecule has 0 fully saturated rings. The Morgan fingerprint density at radius 1 is 1.30 bits per heavy atom. The Morgan fingerprint density at radius 3 is 2.60 bits per heavy atom. The normalized spacial score (nSPS) is 14.0. The zero-order valence-corrected chi connectivity index (χ0v) is 17.3. The quantitative estimate of drug-likeness (QED) is 0.659. The van der Waals surface area contributed by atoms with E-state index in [1.165, 1.54) is 11.8 Å². The molecular weight excluding hydrogens is 472 g/mol. The van der Waals surface area contributed by atoms with Gasteiger partial charge in [0.2, 0.25) is 0 Å². The molecule has 1 aliphatic rings. The highest BCUT2D eigenvalue weighted by Gasteiger charge is 2.35. The van der Waals surface area contributed by atoms with Gasteiger partial charge in [0, 0.05) is 18.9 Å². The molecule has 160 valence electrons. The zero-order valence-electron chi connectivity index (χ0n) is 14.9. The summed E-state index contributed by atoms with van der Waals surface area (Å²) in [7, 11) is 0.800. The maximum Gasteiger partial charge on any atom is 0.431 e. The van der Waals surface area contributed by atoms with Gasteiger partial charge in [0.1, 0.15) is 15.9 Å². The highest BCUT2D eigenvalue weighted by Crippen LogP contribution is 2.30. The number of aromatic nitrogens is 2. The van der Waals surface area contributed by atoms with Crippen LogP contribution in [0.3, 0.4) is 0 Å². The first-order valence-electron chi connectivity index (χ1n) is 8.05. The van der Waals surface area contributed by atoms with Gasteiger partial charge in [-0.1, -0.05) is 23.4 Å². The molecule has 7 nitrogen and oxygen atoms in total. The maximum atomic E-state index is 14.5. The molecule has 1 aromatic carbocycles. The van der Waals surface area contributed by atoms with Crippen molar-refractivity contribution >= 4 is 50.4 Å². The molecule has 1 aromatic heterocycles. The second kappa shape index (κ2) is 8.47. The zero-order chi connectivity index (χ0) is 22.2. The van der Waals surface area contributed by atoms with Gasteiger partial charge in [-0.3, -0.25) is 19.1 Å². The lowest BCUT2D eigenvalue weighted by molar-refractivity contribution is -0.144. The van der Waals surface area contributed by atoms with Crippen molar-refractivity contribution in [2.24, 2.45) is 12.0 Å². The third-order valence-electron chi connectivity index (χ3n) is 3.86. The number of anilines is 1. The van der Waals surface area contributed by atoms with Crippen LogP contribution >= 0.6 is 35.1 Å². The molecule has 0 saturated heterocycles. The Balaban J connectivity index is 2.04. The predicted molar refractivity (Wildman–Crippen MR) is 109 cm³/mol. The fraction of sp³-hybridized carbons (Fsp3) is 0.250. The van der Waals surface area contributed by atoms with Crippen molar-refractivity contribution in [3.63, 3.8) is 0 Å². The molecular formula is C16H11ClF4N4O3S2. The summed E-state index contributed by atoms with van der Waals surface area (Å²) in [6, 6.07) is 1.82. The van der Waals surface area contributed by atoms with E-state index in [0.717, 1.165) is 36.7 Å². The van der Waals surface area contributed by atoms with Gasteiger partial charge in [0.25, 0.3) is 10.8 Å². The molecule has 1 N–H and O–H groups in total. The second-order valence-electron chi connectivity index (χ2n) is 5.84. The summed E-state index contributed by atoms with van der Waals surface area (Å²) in [6.45, 7) is 0.571. The third-order valence-corrected chi connectivity index (χ3v) is 6.13. The number of aliphatic imine (C=N–C) groups is 1. The number of amides is 1. The molecule has 14 heteroatoms. The number of hydrogen-bond acceptors (Lipinski definition) is 6. The molecule has 0 spiro atoms. The number of nitrogens with zero attached hydrogens (tertiary/aromatic N) is 3. The van der Waals surface area contributed by atoms with Gasteiger partial charge in [-0.05, 0) is 23.9 Å². The summed E-state index contributed by atoms with van der Waals surface area (Å²) in [5.41, 5.74) is -5.09. The molecule has 2 aromatic rings. The molecule has 0 aliphatic carbocycles. The maximum absolute atomic E-state index is 14.5. The van der Waals surface area contributed by atoms with Crippen LogP contribution in [0.25, 0.3) is 5.69 Å². The third kappa shape index (κ3) is 4.57. The van der Waals surface area contributed by atoms with Gasteiger partial charge in [-0.15, -0.1) is 0 Å². The van der Waals surface area contributed by atoms with E-state index >= 15 is 0 Å². The first-order valence-corrected chi connectivity index (χ1v) is 10.2. The number of hydrogen-bond donors (Lipinski definition) is 1. The van der Waals surface area contributed by atoms with Gasteiger partial charge >= 0.3 is 11.9 Å². The molecule has 0 radical (unpaired) electrons. The summed E-state index contributed by atoms with van der Waals surface area (Å²) in [6.07, 6.45) is -4.96. The smallest absolute Gasteiger partial charge is 0.315 e. The lowest BCUT2D eigenvalue weighted by Crippen LogP contribution is -2.41. The molecule has 3 rings (SSSR count). The van der Waals surface area contributed by atoms with Crippen LogP contribution in [0.4, 0.5) is 28.0 Å². The highest BCUT2D eigenvalue weighted by atomic mass is 35.5. The van der Waals surface area contributed by atoms with Crippen LogP contribution in [0.2, 0.25) is 5.02 Å². The fourth-order valence-corrected chi connectivity index (χ4v) is 4.44. The number of carbonyl (C=O) groups is 1. The number of nitrogens with one attached hydrogen (secondary N) is 1. The van der Waals surface area contributed by atoms with Gasteiger partial charge in [-0.25, -0.2) is 13.8 Å². The Bertz CT molecular complexity index is 1180. The van der Waals surface area contributed by atoms with Crippen molar-refractivity contribution in [3.8, 4) is 5.69 Å². The lowest BCUT2D eigenvalue weighted by atomic mass is 10.2. The van der Waals surface area contributed by atoms with Crippen molar-refractivity contribution in [1.82, 2.24) is 9.13 Å². The van der Waals surface area contributed by atoms with Crippen molar-refractivity contribution in [2.75, 3.05) is 17.6 Å². The average molecular weight is 483 g/mol. The Morgan fingerprint density at radius 2 is 2.00 bits per heavy atom. The van der Waals surface area contributed by atoms with Crippen LogP contribution in [0.15, 0.2) is 32.8 Å². The van der Waals surface area contributed by atoms with Crippen LogP contribution in [0, 0.1) is 5.82 Å². The van der Waals surface area contributed by atoms with E-state index in [9.17, 15) is 31.9 Å². The van der Waals surface area contributed by atoms with Crippen molar-refractivity contribution in [3.05, 3.63) is 55.6 Å². The lowest BCUT2D eigenvalue weighted by Gasteiger charge is -2.15. The van der Waals surface area contributed by atoms with Crippen molar-refractivity contribution in [1.29, 1.82) is 0 Å². The van der Waals surface area contributed by atoms with Gasteiger partial charge < -0.3 is 5.32 Å². The highest BCUT2D eigenvalue weighted by molar-refractivity contribution is 8.45. The predicted octanol–water partition coefficient (Wildman–Crippen LogP) is 3.72. The molecule has 0 atom stereocenters. The van der Waals surface area contributed by atoms with E-state index in [0.29, 0.717) is 10.9 Å². The van der Waals surface area contributed by atoms with Crippen LogP contribution < -0.4 is 16.6 Å². The molecule has 2 heterocycles. The number of alkyl halides is 3. The minimum atomic E-state index is -4.96. The first-order chi connectivity index (χ1) is 14.0. The van der Waals surface area contributed by atoms with E-state index in [1.807, 2.05) is 0 Å². The standard InChI is InChI=1S/C16H11ClF4N4O3S2/c1-24-11(16(19,20)21)6-12(26)25(15(24)28)10-5-9(7(17)4-8(10)18)23-13(27)30-14-22-2-3-29-14/h4-6H,2-3H2,1H3,(H,23,27). The van der Waals surface area contributed by atoms with Crippen molar-refractivity contribution < 1.29 is 22.4 Å². The Labute approximate surface area is 179 Å². The molecule has 1 aliphatic heterocycles. The summed E-state index contributed by atoms with van der Waals surface area (Å²) >= 11 is 8.08. The largest absolute Gasteiger partial charge is 0.431 e. The fourth-order valence-electron chi connectivity index (χ4n) is 2.52. The van der Waals surface area contributed by atoms with E-state index in [2.05, 4.69) is 10.3 Å². The average Bonchev–Trinajstić information content (AvgIpc) is 3.13. The van der Waals surface area contributed by atoms with Gasteiger partial charge in [-0.2, -0.15) is 13.2 Å². The number of rotatable bonds is 2. The van der Waals surface area contributed by atoms with Gasteiger partial charge in [0.05, 0.1) is 22.9 Å². The van der Waals surface area contributed by atoms with Crippen LogP contribution in [-0.4, -0.2) is 31.0 Å². The van der Waals surface area contributed by atoms with E-state index in [-0.39, 0.29) is 25.9 Å². The molecule has 0 unspecified atom stereocenters. The SMILES string of the molecule is Cn1c(C(F)(F)F)cc(=O)n(-c2cc(NC(=O)SC3=NCCS3)c(Cl)cc2F)c1=O. The number of benzene rings is 1. The Hall–Kier alpha value is -2.25. The molecule has 1 amide bonds. The number of carbonyl (C=O) groups excluding carboxylic acids is 1. The Kier molecular flexibility index (Phi) is 6.34. The summed E-state index contributed by atoms with van der Waals surface area (Å²) < 4.78 is 54.3. The second-order valence-corrected chi connectivity index (χ2v) is 8.55. The molecule has 30 heavy (non-hydrogen) atoms. The summed E-state index contributed by atoms with van der Waals surface area (Å²) in [5.74, 6) is -0.405. The van der Waals surface area contributed by atoms with Crippen LogP contribution in [0.1, 0.15) is 5.69 Å². The van der Waals surface area contributed by atoms with E-state index < -0.39 is 39.9 Å². The van der Waals surface area contributed by atoms with Crippen LogP contribution in [0.5, 0.6) is 0 Å². The van der Waals surface area contributed by atoms with E-state index in [1.54, 1.807) is 0 Å². The summed E-state index contributed by atoms with van der Waals surface area (Å²) in [5, 5.41) is 1.56. The number of thioether (sulfide) groups is 2. The van der Waals surface area contributed by atoms with Gasteiger partial charge in [0.15, 0.2) is 0 Å².